The molecule has 2 aromatic carbocycles. The molecule has 1 aliphatic heterocycles. The lowest BCUT2D eigenvalue weighted by atomic mass is 9.98. The van der Waals surface area contributed by atoms with Crippen molar-refractivity contribution in [1.29, 1.82) is 0 Å². The third kappa shape index (κ3) is 5.40. The molecule has 0 aliphatic carbocycles. The number of fused-ring (bicyclic) bond motifs is 1. The number of benzene rings is 2. The predicted molar refractivity (Wildman–Crippen MR) is 138 cm³/mol. The third-order valence-corrected chi connectivity index (χ3v) is 6.66. The Morgan fingerprint density at radius 3 is 2.60 bits per heavy atom. The fourth-order valence-electron chi connectivity index (χ4n) is 4.59. The van der Waals surface area contributed by atoms with E-state index in [-0.39, 0.29) is 23.5 Å². The van der Waals surface area contributed by atoms with E-state index in [1.165, 1.54) is 18.5 Å². The Morgan fingerprint density at radius 1 is 1.12 bits per heavy atom. The monoisotopic (exact) mass is 561 g/mol. The van der Waals surface area contributed by atoms with Crippen molar-refractivity contribution in [3.8, 4) is 11.1 Å². The van der Waals surface area contributed by atoms with Crippen molar-refractivity contribution in [2.24, 2.45) is 0 Å². The summed E-state index contributed by atoms with van der Waals surface area (Å²) in [4.78, 5) is 16.4. The maximum Gasteiger partial charge on any atom is 0.416 e. The standard InChI is InChI=1S/C26H24F5N7O2/c1-13(22-11-33-6-7-40-22)21-10-16(23-24(32)34-12-35-38(21)23)14-2-5-19(18(28)8-14)36-25(39)37-20-9-15(26(29,30)31)3-4-17(20)27/h2-5,8-10,12-13,22,33H,6-7,11H2,1H3,(H2,32,34,35)(H2,36,37,39). The van der Waals surface area contributed by atoms with Crippen LogP contribution in [0.2, 0.25) is 0 Å². The second-order valence-corrected chi connectivity index (χ2v) is 9.26. The number of alkyl halides is 3. The lowest BCUT2D eigenvalue weighted by Crippen LogP contribution is -2.41. The number of carbonyl (C=O) groups excluding carboxylic acids is 1. The van der Waals surface area contributed by atoms with Gasteiger partial charge in [-0.15, -0.1) is 0 Å². The number of nitrogens with two attached hydrogens (primary N) is 1. The van der Waals surface area contributed by atoms with Gasteiger partial charge in [-0.2, -0.15) is 18.3 Å². The van der Waals surface area contributed by atoms with Crippen molar-refractivity contribution < 1.29 is 31.5 Å². The van der Waals surface area contributed by atoms with Gasteiger partial charge < -0.3 is 26.4 Å². The number of aromatic nitrogens is 3. The highest BCUT2D eigenvalue weighted by Gasteiger charge is 2.31. The van der Waals surface area contributed by atoms with Crippen LogP contribution in [-0.2, 0) is 10.9 Å². The smallest absolute Gasteiger partial charge is 0.382 e. The quantitative estimate of drug-likeness (QED) is 0.255. The van der Waals surface area contributed by atoms with E-state index in [1.54, 1.807) is 4.52 Å². The lowest BCUT2D eigenvalue weighted by Gasteiger charge is -2.28. The van der Waals surface area contributed by atoms with Crippen molar-refractivity contribution in [1.82, 2.24) is 19.9 Å². The number of carbonyl (C=O) groups is 1. The summed E-state index contributed by atoms with van der Waals surface area (Å²) < 4.78 is 75.5. The van der Waals surface area contributed by atoms with Crippen molar-refractivity contribution in [2.45, 2.75) is 25.1 Å². The first-order valence-corrected chi connectivity index (χ1v) is 12.2. The second kappa shape index (κ2) is 10.7. The molecule has 5 N–H and O–H groups in total. The molecule has 40 heavy (non-hydrogen) atoms. The van der Waals surface area contributed by atoms with Gasteiger partial charge in [0.25, 0.3) is 0 Å². The molecule has 2 amide bonds. The van der Waals surface area contributed by atoms with Crippen LogP contribution in [0.5, 0.6) is 0 Å². The zero-order valence-corrected chi connectivity index (χ0v) is 21.0. The molecule has 9 nitrogen and oxygen atoms in total. The first-order valence-electron chi connectivity index (χ1n) is 12.2. The minimum atomic E-state index is -4.74. The number of nitrogen functional groups attached to an aromatic ring is 1. The highest BCUT2D eigenvalue weighted by molar-refractivity contribution is 6.00. The summed E-state index contributed by atoms with van der Waals surface area (Å²) in [6.45, 7) is 3.95. The minimum absolute atomic E-state index is 0.103. The molecule has 1 saturated heterocycles. The normalized spacial score (nSPS) is 16.6. The first kappa shape index (κ1) is 27.3. The first-order chi connectivity index (χ1) is 19.0. The maximum absolute atomic E-state index is 15.1. The van der Waals surface area contributed by atoms with Gasteiger partial charge in [0, 0.05) is 30.3 Å². The molecule has 5 rings (SSSR count). The molecule has 14 heteroatoms. The molecule has 1 aliphatic rings. The summed E-state index contributed by atoms with van der Waals surface area (Å²) in [5.41, 5.74) is 6.22. The number of hydrogen-bond acceptors (Lipinski definition) is 6. The summed E-state index contributed by atoms with van der Waals surface area (Å²) >= 11 is 0. The lowest BCUT2D eigenvalue weighted by molar-refractivity contribution is -0.137. The Balaban J connectivity index is 1.41. The van der Waals surface area contributed by atoms with Crippen LogP contribution in [0.25, 0.3) is 16.6 Å². The van der Waals surface area contributed by atoms with Gasteiger partial charge in [0.2, 0.25) is 0 Å². The minimum Gasteiger partial charge on any atom is -0.382 e. The number of nitrogens with one attached hydrogen (secondary N) is 3. The summed E-state index contributed by atoms with van der Waals surface area (Å²) in [5.74, 6) is -1.86. The molecule has 0 radical (unpaired) electrons. The van der Waals surface area contributed by atoms with E-state index in [1.807, 2.05) is 18.3 Å². The average molecular weight is 562 g/mol. The third-order valence-electron chi connectivity index (χ3n) is 6.66. The number of nitrogens with zero attached hydrogens (tertiary/aromatic N) is 3. The fraction of sp³-hybridized carbons (Fsp3) is 0.269. The Kier molecular flexibility index (Phi) is 7.29. The van der Waals surface area contributed by atoms with Crippen molar-refractivity contribution in [3.63, 3.8) is 0 Å². The number of rotatable bonds is 5. The van der Waals surface area contributed by atoms with Crippen LogP contribution in [-0.4, -0.2) is 46.4 Å². The number of anilines is 3. The molecule has 0 saturated carbocycles. The number of ether oxygens (including phenoxy) is 1. The van der Waals surface area contributed by atoms with Crippen LogP contribution in [0.3, 0.4) is 0 Å². The van der Waals surface area contributed by atoms with Crippen LogP contribution >= 0.6 is 0 Å². The molecule has 2 atom stereocenters. The van der Waals surface area contributed by atoms with E-state index in [4.69, 9.17) is 10.5 Å². The van der Waals surface area contributed by atoms with Gasteiger partial charge in [-0.25, -0.2) is 23.1 Å². The van der Waals surface area contributed by atoms with Crippen LogP contribution in [0.4, 0.5) is 43.9 Å². The molecule has 2 aromatic heterocycles. The van der Waals surface area contributed by atoms with Gasteiger partial charge in [0.05, 0.1) is 29.6 Å². The van der Waals surface area contributed by atoms with E-state index >= 15 is 4.39 Å². The zero-order chi connectivity index (χ0) is 28.6. The average Bonchev–Trinajstić information content (AvgIpc) is 3.31. The Hall–Kier alpha value is -4.30. The van der Waals surface area contributed by atoms with E-state index in [0.29, 0.717) is 48.0 Å². The van der Waals surface area contributed by atoms with Crippen molar-refractivity contribution in [3.05, 3.63) is 71.7 Å². The molecule has 3 heterocycles. The number of amides is 2. The second-order valence-electron chi connectivity index (χ2n) is 9.26. The highest BCUT2D eigenvalue weighted by atomic mass is 19.4. The number of halogens is 5. The van der Waals surface area contributed by atoms with Crippen LogP contribution in [0, 0.1) is 11.6 Å². The molecule has 4 aromatic rings. The van der Waals surface area contributed by atoms with Gasteiger partial charge in [-0.1, -0.05) is 13.0 Å². The molecule has 210 valence electrons. The van der Waals surface area contributed by atoms with E-state index in [2.05, 4.69) is 20.7 Å². The van der Waals surface area contributed by atoms with E-state index < -0.39 is 35.1 Å². The van der Waals surface area contributed by atoms with Gasteiger partial charge >= 0.3 is 12.2 Å². The van der Waals surface area contributed by atoms with E-state index in [9.17, 15) is 22.4 Å². The SMILES string of the molecule is CC(c1cc(-c2ccc(NC(=O)Nc3cc(C(F)(F)F)ccc3F)c(F)c2)c2c(N)ncnn12)C1CNCCO1. The van der Waals surface area contributed by atoms with Crippen molar-refractivity contribution >= 4 is 28.7 Å². The van der Waals surface area contributed by atoms with Crippen LogP contribution < -0.4 is 21.7 Å². The van der Waals surface area contributed by atoms with Crippen LogP contribution in [0.15, 0.2) is 48.8 Å². The van der Waals surface area contributed by atoms with Gasteiger partial charge in [0.15, 0.2) is 5.82 Å². The summed E-state index contributed by atoms with van der Waals surface area (Å²) in [5, 5.41) is 11.8. The molecule has 0 spiro atoms. The van der Waals surface area contributed by atoms with Crippen molar-refractivity contribution in [2.75, 3.05) is 36.1 Å². The number of morpholine rings is 1. The number of hydrogen-bond donors (Lipinski definition) is 4. The van der Waals surface area contributed by atoms with E-state index in [0.717, 1.165) is 18.3 Å². The Labute approximate surface area is 224 Å². The van der Waals surface area contributed by atoms with Gasteiger partial charge in [-0.3, -0.25) is 0 Å². The summed E-state index contributed by atoms with van der Waals surface area (Å²) in [6.07, 6.45) is -3.54. The maximum atomic E-state index is 15.1. The highest BCUT2D eigenvalue weighted by Crippen LogP contribution is 2.36. The summed E-state index contributed by atoms with van der Waals surface area (Å²) in [6, 6.07) is 6.23. The van der Waals surface area contributed by atoms with Gasteiger partial charge in [-0.05, 0) is 42.0 Å². The topological polar surface area (TPSA) is 119 Å². The zero-order valence-electron chi connectivity index (χ0n) is 21.0. The van der Waals surface area contributed by atoms with Gasteiger partial charge in [0.1, 0.15) is 23.5 Å². The predicted octanol–water partition coefficient (Wildman–Crippen LogP) is 5.01. The molecule has 0 bridgehead atoms. The molecular formula is C26H24F5N7O2. The fourth-order valence-corrected chi connectivity index (χ4v) is 4.59. The molecule has 2 unspecified atom stereocenters. The Bertz CT molecular complexity index is 1570. The van der Waals surface area contributed by atoms with Crippen LogP contribution in [0.1, 0.15) is 24.1 Å². The molecule has 1 fully saturated rings. The largest absolute Gasteiger partial charge is 0.416 e. The summed E-state index contributed by atoms with van der Waals surface area (Å²) in [7, 11) is 0. The molecular weight excluding hydrogens is 537 g/mol. The Morgan fingerprint density at radius 2 is 1.90 bits per heavy atom. The number of urea groups is 1.